The summed E-state index contributed by atoms with van der Waals surface area (Å²) >= 11 is 0. The predicted molar refractivity (Wildman–Crippen MR) is 98.2 cm³/mol. The summed E-state index contributed by atoms with van der Waals surface area (Å²) in [6.45, 7) is 2.22. The topological polar surface area (TPSA) is 93.7 Å². The zero-order valence-corrected chi connectivity index (χ0v) is 15.7. The second-order valence-electron chi connectivity index (χ2n) is 5.50. The summed E-state index contributed by atoms with van der Waals surface area (Å²) in [6.07, 6.45) is 0. The Morgan fingerprint density at radius 2 is 1.92 bits per heavy atom. The summed E-state index contributed by atoms with van der Waals surface area (Å²) in [5, 5.41) is 2.46. The summed E-state index contributed by atoms with van der Waals surface area (Å²) in [6, 6.07) is 11.6. The van der Waals surface area contributed by atoms with Gasteiger partial charge in [0.05, 0.1) is 17.6 Å². The van der Waals surface area contributed by atoms with Crippen LogP contribution in [-0.2, 0) is 10.0 Å². The molecule has 2 aromatic carbocycles. The number of sulfonamides is 1. The summed E-state index contributed by atoms with van der Waals surface area (Å²) in [5.41, 5.74) is 1.21. The Hall–Kier alpha value is -2.58. The first-order valence-electron chi connectivity index (χ1n) is 7.96. The Balaban J connectivity index is 2.04. The van der Waals surface area contributed by atoms with Crippen molar-refractivity contribution in [3.8, 4) is 11.5 Å². The van der Waals surface area contributed by atoms with Crippen LogP contribution in [0.25, 0.3) is 0 Å². The molecule has 0 aliphatic heterocycles. The van der Waals surface area contributed by atoms with Gasteiger partial charge in [-0.1, -0.05) is 12.1 Å². The lowest BCUT2D eigenvalue weighted by Crippen LogP contribution is -2.28. The molecular formula is C18H22N2O5S. The van der Waals surface area contributed by atoms with Crippen molar-refractivity contribution in [2.45, 2.75) is 11.8 Å². The van der Waals surface area contributed by atoms with Gasteiger partial charge < -0.3 is 14.8 Å². The number of carbonyl (C=O) groups is 1. The molecule has 0 radical (unpaired) electrons. The van der Waals surface area contributed by atoms with Crippen LogP contribution in [0.15, 0.2) is 47.4 Å². The summed E-state index contributed by atoms with van der Waals surface area (Å²) in [7, 11) is -0.902. The number of rotatable bonds is 8. The maximum Gasteiger partial charge on any atom is 0.254 e. The highest BCUT2D eigenvalue weighted by atomic mass is 32.2. The van der Waals surface area contributed by atoms with Crippen LogP contribution >= 0.6 is 0 Å². The molecule has 2 N–H and O–H groups in total. The average molecular weight is 378 g/mol. The number of amides is 1. The third-order valence-corrected chi connectivity index (χ3v) is 5.06. The second-order valence-corrected chi connectivity index (χ2v) is 7.27. The fourth-order valence-corrected chi connectivity index (χ4v) is 3.34. The maximum absolute atomic E-state index is 12.4. The number of carbonyl (C=O) groups excluding carboxylic acids is 1. The lowest BCUT2D eigenvalue weighted by Gasteiger charge is -2.12. The number of aryl methyl sites for hydroxylation is 1. The largest absolute Gasteiger partial charge is 0.496 e. The molecule has 2 rings (SSSR count). The van der Waals surface area contributed by atoms with Crippen molar-refractivity contribution in [1.82, 2.24) is 10.0 Å². The van der Waals surface area contributed by atoms with E-state index in [-0.39, 0.29) is 23.6 Å². The lowest BCUT2D eigenvalue weighted by atomic mass is 10.2. The smallest absolute Gasteiger partial charge is 0.254 e. The van der Waals surface area contributed by atoms with Crippen LogP contribution in [-0.4, -0.2) is 41.6 Å². The highest BCUT2D eigenvalue weighted by Crippen LogP contribution is 2.22. The molecule has 0 heterocycles. The number of methoxy groups -OCH3 is 1. The van der Waals surface area contributed by atoms with Crippen LogP contribution in [0.3, 0.4) is 0 Å². The van der Waals surface area contributed by atoms with Gasteiger partial charge in [-0.25, -0.2) is 13.1 Å². The number of hydrogen-bond acceptors (Lipinski definition) is 5. The zero-order chi connectivity index (χ0) is 19.2. The van der Waals surface area contributed by atoms with Gasteiger partial charge in [0.1, 0.15) is 18.1 Å². The van der Waals surface area contributed by atoms with Crippen molar-refractivity contribution in [2.24, 2.45) is 0 Å². The Morgan fingerprint density at radius 3 is 2.58 bits per heavy atom. The van der Waals surface area contributed by atoms with Gasteiger partial charge in [0.25, 0.3) is 5.91 Å². The third kappa shape index (κ3) is 4.96. The van der Waals surface area contributed by atoms with E-state index in [2.05, 4.69) is 10.0 Å². The minimum atomic E-state index is -3.78. The number of hydrogen-bond donors (Lipinski definition) is 2. The van der Waals surface area contributed by atoms with Crippen molar-refractivity contribution < 1.29 is 22.7 Å². The number of benzene rings is 2. The standard InChI is InChI=1S/C18H22N2O5S/c1-13-5-4-6-14(11-13)25-10-9-20-26(22,23)15-7-8-17(24-3)16(12-15)18(21)19-2/h4-8,11-12,20H,9-10H2,1-3H3,(H,19,21). The molecule has 140 valence electrons. The van der Waals surface area contributed by atoms with Crippen LogP contribution in [0.5, 0.6) is 11.5 Å². The minimum absolute atomic E-state index is 0.0209. The third-order valence-electron chi connectivity index (χ3n) is 3.61. The van der Waals surface area contributed by atoms with Crippen molar-refractivity contribution >= 4 is 15.9 Å². The van der Waals surface area contributed by atoms with E-state index in [1.54, 1.807) is 6.07 Å². The fraction of sp³-hybridized carbons (Fsp3) is 0.278. The van der Waals surface area contributed by atoms with E-state index in [0.29, 0.717) is 11.5 Å². The Morgan fingerprint density at radius 1 is 1.15 bits per heavy atom. The molecule has 1 amide bonds. The van der Waals surface area contributed by atoms with Crippen molar-refractivity contribution in [3.05, 3.63) is 53.6 Å². The predicted octanol–water partition coefficient (Wildman–Crippen LogP) is 1.72. The molecular weight excluding hydrogens is 356 g/mol. The highest BCUT2D eigenvalue weighted by Gasteiger charge is 2.19. The van der Waals surface area contributed by atoms with Gasteiger partial charge >= 0.3 is 0 Å². The van der Waals surface area contributed by atoms with E-state index in [1.165, 1.54) is 32.4 Å². The van der Waals surface area contributed by atoms with Crippen LogP contribution in [0, 0.1) is 6.92 Å². The second kappa shape index (κ2) is 8.68. The molecule has 0 aliphatic carbocycles. The quantitative estimate of drug-likeness (QED) is 0.682. The van der Waals surface area contributed by atoms with Crippen molar-refractivity contribution in [1.29, 1.82) is 0 Å². The van der Waals surface area contributed by atoms with E-state index in [0.717, 1.165) is 5.56 Å². The molecule has 0 aromatic heterocycles. The van der Waals surface area contributed by atoms with Gasteiger partial charge in [0.2, 0.25) is 10.0 Å². The first kappa shape index (κ1) is 19.7. The van der Waals surface area contributed by atoms with E-state index in [9.17, 15) is 13.2 Å². The fourth-order valence-electron chi connectivity index (χ4n) is 2.30. The average Bonchev–Trinajstić information content (AvgIpc) is 2.64. The lowest BCUT2D eigenvalue weighted by molar-refractivity contribution is 0.0960. The molecule has 7 nitrogen and oxygen atoms in total. The van der Waals surface area contributed by atoms with Crippen LogP contribution in [0.4, 0.5) is 0 Å². The van der Waals surface area contributed by atoms with Gasteiger partial charge in [-0.3, -0.25) is 4.79 Å². The first-order valence-corrected chi connectivity index (χ1v) is 9.45. The molecule has 0 bridgehead atoms. The van der Waals surface area contributed by atoms with Gasteiger partial charge in [-0.2, -0.15) is 0 Å². The minimum Gasteiger partial charge on any atom is -0.496 e. The molecule has 0 aliphatic rings. The first-order chi connectivity index (χ1) is 12.4. The molecule has 0 saturated heterocycles. The van der Waals surface area contributed by atoms with Crippen LogP contribution in [0.2, 0.25) is 0 Å². The molecule has 2 aromatic rings. The van der Waals surface area contributed by atoms with Crippen molar-refractivity contribution in [3.63, 3.8) is 0 Å². The van der Waals surface area contributed by atoms with Crippen molar-refractivity contribution in [2.75, 3.05) is 27.3 Å². The van der Waals surface area contributed by atoms with E-state index in [1.807, 2.05) is 25.1 Å². The summed E-state index contributed by atoms with van der Waals surface area (Å²) < 4.78 is 37.9. The Bertz CT molecular complexity index is 881. The molecule has 0 saturated carbocycles. The monoisotopic (exact) mass is 378 g/mol. The Kier molecular flexibility index (Phi) is 6.59. The summed E-state index contributed by atoms with van der Waals surface area (Å²) in [5.74, 6) is 0.545. The molecule has 0 unspecified atom stereocenters. The normalized spacial score (nSPS) is 11.0. The molecule has 0 fully saturated rings. The molecule has 8 heteroatoms. The van der Waals surface area contributed by atoms with Gasteiger partial charge in [-0.05, 0) is 42.8 Å². The molecule has 0 atom stereocenters. The van der Waals surface area contributed by atoms with Gasteiger partial charge in [0, 0.05) is 13.6 Å². The number of nitrogens with one attached hydrogen (secondary N) is 2. The SMILES string of the molecule is CNC(=O)c1cc(S(=O)(=O)NCCOc2cccc(C)c2)ccc1OC. The van der Waals surface area contributed by atoms with E-state index in [4.69, 9.17) is 9.47 Å². The van der Waals surface area contributed by atoms with E-state index >= 15 is 0 Å². The van der Waals surface area contributed by atoms with Gasteiger partial charge in [-0.15, -0.1) is 0 Å². The maximum atomic E-state index is 12.4. The number of ether oxygens (including phenoxy) is 2. The molecule has 0 spiro atoms. The highest BCUT2D eigenvalue weighted by molar-refractivity contribution is 7.89. The summed E-state index contributed by atoms with van der Waals surface area (Å²) in [4.78, 5) is 11.9. The zero-order valence-electron chi connectivity index (χ0n) is 14.9. The van der Waals surface area contributed by atoms with Crippen LogP contribution < -0.4 is 19.5 Å². The molecule has 26 heavy (non-hydrogen) atoms. The Labute approximate surface area is 153 Å². The van der Waals surface area contributed by atoms with Crippen LogP contribution in [0.1, 0.15) is 15.9 Å². The van der Waals surface area contributed by atoms with Gasteiger partial charge in [0.15, 0.2) is 0 Å². The van der Waals surface area contributed by atoms with E-state index < -0.39 is 15.9 Å².